The van der Waals surface area contributed by atoms with Gasteiger partial charge >= 0.3 is 18.0 Å². The van der Waals surface area contributed by atoms with Crippen molar-refractivity contribution in [1.82, 2.24) is 10.6 Å². The number of methoxy groups -OCH3 is 1. The van der Waals surface area contributed by atoms with E-state index in [1.807, 2.05) is 36.4 Å². The summed E-state index contributed by atoms with van der Waals surface area (Å²) in [6, 6.07) is 14.3. The van der Waals surface area contributed by atoms with Gasteiger partial charge in [0.05, 0.1) is 7.11 Å². The van der Waals surface area contributed by atoms with Crippen LogP contribution in [-0.4, -0.2) is 54.8 Å². The number of alkyl carbamates (subject to hydrolysis) is 1. The van der Waals surface area contributed by atoms with Crippen LogP contribution in [0.4, 0.5) is 4.79 Å². The van der Waals surface area contributed by atoms with Crippen LogP contribution in [0.1, 0.15) is 49.7 Å². The fourth-order valence-corrected chi connectivity index (χ4v) is 4.20. The van der Waals surface area contributed by atoms with Gasteiger partial charge in [-0.15, -0.1) is 0 Å². The number of amides is 2. The van der Waals surface area contributed by atoms with Gasteiger partial charge in [0.1, 0.15) is 12.6 Å². The van der Waals surface area contributed by atoms with Crippen LogP contribution >= 0.6 is 0 Å². The third kappa shape index (κ3) is 6.59. The maximum absolute atomic E-state index is 12.5. The van der Waals surface area contributed by atoms with Gasteiger partial charge in [-0.3, -0.25) is 9.59 Å². The van der Waals surface area contributed by atoms with Gasteiger partial charge in [-0.05, 0) is 35.1 Å². The van der Waals surface area contributed by atoms with E-state index in [-0.39, 0.29) is 31.8 Å². The summed E-state index contributed by atoms with van der Waals surface area (Å²) in [5.41, 5.74) is 4.44. The third-order valence-electron chi connectivity index (χ3n) is 6.09. The van der Waals surface area contributed by atoms with E-state index in [0.29, 0.717) is 6.42 Å². The molecule has 2 aromatic carbocycles. The molecule has 0 heterocycles. The number of carboxylic acid groups (broad SMARTS) is 1. The van der Waals surface area contributed by atoms with Crippen LogP contribution in [0.15, 0.2) is 48.5 Å². The van der Waals surface area contributed by atoms with Crippen molar-refractivity contribution in [3.05, 3.63) is 59.7 Å². The molecule has 0 radical (unpaired) electrons. The number of fused-ring (bicyclic) bond motifs is 3. The predicted octanol–water partition coefficient (Wildman–Crippen LogP) is 3.22. The minimum Gasteiger partial charge on any atom is -0.480 e. The lowest BCUT2D eigenvalue weighted by molar-refractivity contribution is -0.144. The lowest BCUT2D eigenvalue weighted by Crippen LogP contribution is -2.45. The van der Waals surface area contributed by atoms with E-state index >= 15 is 0 Å². The first kappa shape index (κ1) is 25.7. The molecule has 1 aliphatic carbocycles. The number of aliphatic carboxylic acids is 1. The smallest absolute Gasteiger partial charge is 0.407 e. The number of carbonyl (C=O) groups is 4. The van der Waals surface area contributed by atoms with Gasteiger partial charge in [0.25, 0.3) is 0 Å². The Morgan fingerprint density at radius 3 is 2.11 bits per heavy atom. The number of esters is 1. The monoisotopic (exact) mass is 482 g/mol. The summed E-state index contributed by atoms with van der Waals surface area (Å²) in [6.45, 7) is 1.95. The summed E-state index contributed by atoms with van der Waals surface area (Å²) in [5.74, 6) is -2.44. The number of hydrogen-bond acceptors (Lipinski definition) is 6. The minimum absolute atomic E-state index is 0.0809. The van der Waals surface area contributed by atoms with Crippen molar-refractivity contribution in [2.24, 2.45) is 0 Å². The number of nitrogens with one attached hydrogen (secondary N) is 2. The Hall–Kier alpha value is -3.88. The molecular weight excluding hydrogens is 452 g/mol. The van der Waals surface area contributed by atoms with E-state index in [4.69, 9.17) is 4.74 Å². The summed E-state index contributed by atoms with van der Waals surface area (Å²) >= 11 is 0. The molecule has 0 saturated carbocycles. The molecule has 2 aromatic rings. The molecule has 0 aliphatic heterocycles. The molecule has 3 rings (SSSR count). The molecule has 35 heavy (non-hydrogen) atoms. The van der Waals surface area contributed by atoms with Gasteiger partial charge in [0, 0.05) is 24.8 Å². The highest BCUT2D eigenvalue weighted by Crippen LogP contribution is 2.44. The minimum atomic E-state index is -1.25. The lowest BCUT2D eigenvalue weighted by atomic mass is 9.98. The normalized spacial score (nSPS) is 13.7. The van der Waals surface area contributed by atoms with Crippen LogP contribution in [0, 0.1) is 0 Å². The van der Waals surface area contributed by atoms with E-state index in [9.17, 15) is 24.3 Å². The largest absolute Gasteiger partial charge is 0.480 e. The Balaban J connectivity index is 1.53. The Morgan fingerprint density at radius 2 is 1.57 bits per heavy atom. The SMILES string of the molecule is CC[C@H](CC(=O)N[C@@H](CCC(=O)OC)C(=O)O)NC(=O)OCC1c2ccccc2-c2ccccc21. The molecule has 1 aliphatic rings. The summed E-state index contributed by atoms with van der Waals surface area (Å²) in [6.07, 6.45) is -0.556. The van der Waals surface area contributed by atoms with Gasteiger partial charge in [-0.1, -0.05) is 55.5 Å². The average molecular weight is 483 g/mol. The third-order valence-corrected chi connectivity index (χ3v) is 6.09. The Morgan fingerprint density at radius 1 is 0.971 bits per heavy atom. The highest BCUT2D eigenvalue weighted by molar-refractivity contribution is 5.84. The van der Waals surface area contributed by atoms with Crippen LogP contribution in [0.5, 0.6) is 0 Å². The number of rotatable bonds is 11. The van der Waals surface area contributed by atoms with Crippen molar-refractivity contribution in [2.45, 2.75) is 50.6 Å². The van der Waals surface area contributed by atoms with E-state index < -0.39 is 36.0 Å². The quantitative estimate of drug-likeness (QED) is 0.419. The van der Waals surface area contributed by atoms with Crippen LogP contribution in [-0.2, 0) is 23.9 Å². The van der Waals surface area contributed by atoms with Gasteiger partial charge in [-0.2, -0.15) is 0 Å². The van der Waals surface area contributed by atoms with Crippen molar-refractivity contribution in [2.75, 3.05) is 13.7 Å². The number of benzene rings is 2. The summed E-state index contributed by atoms with van der Waals surface area (Å²) in [4.78, 5) is 47.6. The van der Waals surface area contributed by atoms with Crippen LogP contribution in [0.25, 0.3) is 11.1 Å². The van der Waals surface area contributed by atoms with Gasteiger partial charge in [0.2, 0.25) is 5.91 Å². The molecule has 0 fully saturated rings. The zero-order chi connectivity index (χ0) is 25.4. The topological polar surface area (TPSA) is 131 Å². The van der Waals surface area contributed by atoms with Crippen LogP contribution in [0.3, 0.4) is 0 Å². The second-order valence-corrected chi connectivity index (χ2v) is 8.35. The van der Waals surface area contributed by atoms with E-state index in [1.165, 1.54) is 7.11 Å². The molecule has 0 aromatic heterocycles. The van der Waals surface area contributed by atoms with Gasteiger partial charge < -0.3 is 25.2 Å². The second kappa shape index (κ2) is 12.0. The number of ether oxygens (including phenoxy) is 2. The highest BCUT2D eigenvalue weighted by atomic mass is 16.5. The van der Waals surface area contributed by atoms with Crippen molar-refractivity contribution in [3.63, 3.8) is 0 Å². The molecule has 0 unspecified atom stereocenters. The first-order valence-electron chi connectivity index (χ1n) is 11.5. The maximum Gasteiger partial charge on any atom is 0.407 e. The van der Waals surface area contributed by atoms with E-state index in [0.717, 1.165) is 22.3 Å². The standard InChI is InChI=1S/C26H30N2O7/c1-3-16(14-23(29)28-22(25(31)32)12-13-24(30)34-2)27-26(33)35-15-21-19-10-6-4-8-17(19)18-9-5-7-11-20(18)21/h4-11,16,21-22H,3,12-15H2,1-2H3,(H,27,33)(H,28,29)(H,31,32)/t16-,22+/m1/s1. The molecule has 0 spiro atoms. The molecule has 2 atom stereocenters. The summed E-state index contributed by atoms with van der Waals surface area (Å²) in [5, 5.41) is 14.4. The number of hydrogen-bond donors (Lipinski definition) is 3. The molecule has 9 nitrogen and oxygen atoms in total. The fraction of sp³-hybridized carbons (Fsp3) is 0.385. The molecule has 3 N–H and O–H groups in total. The van der Waals surface area contributed by atoms with Crippen LogP contribution in [0.2, 0.25) is 0 Å². The first-order valence-corrected chi connectivity index (χ1v) is 11.5. The molecule has 0 bridgehead atoms. The highest BCUT2D eigenvalue weighted by Gasteiger charge is 2.29. The molecular formula is C26H30N2O7. The van der Waals surface area contributed by atoms with Gasteiger partial charge in [0.15, 0.2) is 0 Å². The zero-order valence-corrected chi connectivity index (χ0v) is 19.8. The van der Waals surface area contributed by atoms with E-state index in [2.05, 4.69) is 27.5 Å². The Labute approximate surface area is 203 Å². The van der Waals surface area contributed by atoms with Crippen molar-refractivity contribution >= 4 is 23.9 Å². The molecule has 2 amide bonds. The predicted molar refractivity (Wildman–Crippen MR) is 128 cm³/mol. The van der Waals surface area contributed by atoms with E-state index in [1.54, 1.807) is 6.92 Å². The second-order valence-electron chi connectivity index (χ2n) is 8.35. The Bertz CT molecular complexity index is 1040. The lowest BCUT2D eigenvalue weighted by Gasteiger charge is -2.20. The van der Waals surface area contributed by atoms with Crippen LogP contribution < -0.4 is 10.6 Å². The summed E-state index contributed by atoms with van der Waals surface area (Å²) in [7, 11) is 1.21. The fourth-order valence-electron chi connectivity index (χ4n) is 4.20. The van der Waals surface area contributed by atoms with Crippen molar-refractivity contribution in [3.8, 4) is 11.1 Å². The van der Waals surface area contributed by atoms with Gasteiger partial charge in [-0.25, -0.2) is 9.59 Å². The number of carboxylic acids is 1. The van der Waals surface area contributed by atoms with Crippen molar-refractivity contribution < 1.29 is 33.8 Å². The summed E-state index contributed by atoms with van der Waals surface area (Å²) < 4.78 is 10.0. The van der Waals surface area contributed by atoms with Crippen molar-refractivity contribution in [1.29, 1.82) is 0 Å². The average Bonchev–Trinajstić information content (AvgIpc) is 3.18. The zero-order valence-electron chi connectivity index (χ0n) is 19.8. The molecule has 186 valence electrons. The maximum atomic E-state index is 12.5. The number of carbonyl (C=O) groups excluding carboxylic acids is 3. The molecule has 9 heteroatoms. The Kier molecular flexibility index (Phi) is 8.83. The molecule has 0 saturated heterocycles. The first-order chi connectivity index (χ1) is 16.8.